The number of amides is 1. The second-order valence-corrected chi connectivity index (χ2v) is 10.4. The summed E-state index contributed by atoms with van der Waals surface area (Å²) in [5, 5.41) is 0.495. The Morgan fingerprint density at radius 2 is 1.53 bits per heavy atom. The van der Waals surface area contributed by atoms with E-state index >= 15 is 0 Å². The van der Waals surface area contributed by atoms with Gasteiger partial charge in [0.05, 0.1) is 12.5 Å². The molecule has 6 heteroatoms. The van der Waals surface area contributed by atoms with Crippen LogP contribution in [0.4, 0.5) is 0 Å². The Morgan fingerprint density at radius 1 is 0.944 bits per heavy atom. The van der Waals surface area contributed by atoms with Crippen molar-refractivity contribution in [1.29, 1.82) is 0 Å². The number of hydrogen-bond donors (Lipinski definition) is 1. The van der Waals surface area contributed by atoms with Crippen LogP contribution in [0.2, 0.25) is 5.02 Å². The molecule has 1 heterocycles. The van der Waals surface area contributed by atoms with E-state index in [1.807, 2.05) is 78.9 Å². The summed E-state index contributed by atoms with van der Waals surface area (Å²) in [6, 6.07) is 25.4. The van der Waals surface area contributed by atoms with Crippen LogP contribution in [-0.2, 0) is 10.2 Å². The number of primary amides is 1. The van der Waals surface area contributed by atoms with E-state index in [1.165, 1.54) is 0 Å². The number of ether oxygens (including phenoxy) is 2. The summed E-state index contributed by atoms with van der Waals surface area (Å²) in [7, 11) is 1.60. The molecule has 1 saturated heterocycles. The van der Waals surface area contributed by atoms with Gasteiger partial charge in [-0.25, -0.2) is 0 Å². The van der Waals surface area contributed by atoms with Crippen molar-refractivity contribution in [1.82, 2.24) is 4.90 Å². The minimum absolute atomic E-state index is 0.0259. The van der Waals surface area contributed by atoms with Crippen LogP contribution in [0.1, 0.15) is 44.2 Å². The topological polar surface area (TPSA) is 64.8 Å². The van der Waals surface area contributed by atoms with Gasteiger partial charge in [0.2, 0.25) is 5.91 Å². The summed E-state index contributed by atoms with van der Waals surface area (Å²) in [5.41, 5.74) is 6.96. The Bertz CT molecular complexity index is 1130. The van der Waals surface area contributed by atoms with Gasteiger partial charge in [-0.1, -0.05) is 78.3 Å². The molecule has 190 valence electrons. The Kier molecular flexibility index (Phi) is 7.91. The second-order valence-electron chi connectivity index (χ2n) is 10.1. The molecule has 5 nitrogen and oxygen atoms in total. The summed E-state index contributed by atoms with van der Waals surface area (Å²) >= 11 is 6.45. The van der Waals surface area contributed by atoms with E-state index in [1.54, 1.807) is 7.11 Å². The van der Waals surface area contributed by atoms with E-state index in [2.05, 4.69) is 18.7 Å². The molecule has 0 spiro atoms. The third kappa shape index (κ3) is 5.23. The summed E-state index contributed by atoms with van der Waals surface area (Å²) in [5.74, 6) is 0.918. The smallest absolute Gasteiger partial charge is 0.232 e. The van der Waals surface area contributed by atoms with Crippen LogP contribution in [-0.4, -0.2) is 42.6 Å². The molecule has 4 rings (SSSR count). The number of likely N-dealkylation sites (tertiary alicyclic amines) is 1. The predicted octanol–water partition coefficient (Wildman–Crippen LogP) is 5.83. The van der Waals surface area contributed by atoms with Crippen molar-refractivity contribution in [3.05, 3.63) is 95.0 Å². The van der Waals surface area contributed by atoms with Gasteiger partial charge >= 0.3 is 0 Å². The number of halogens is 1. The first-order valence-corrected chi connectivity index (χ1v) is 12.8. The molecule has 0 aliphatic carbocycles. The number of nitrogens with two attached hydrogens (primary N) is 1. The average Bonchev–Trinajstić information content (AvgIpc) is 3.36. The molecule has 3 aromatic rings. The molecule has 1 atom stereocenters. The monoisotopic (exact) mass is 506 g/mol. The second kappa shape index (κ2) is 10.9. The SMILES string of the molecule is COc1cccc(OC2CCN(C(C)(C)CCC(C(N)=O)(c3ccccc3)c3ccccc3)C2)c1Cl. The Balaban J connectivity index is 1.52. The Hall–Kier alpha value is -3.02. The highest BCUT2D eigenvalue weighted by Gasteiger charge is 2.43. The number of methoxy groups -OCH3 is 1. The average molecular weight is 507 g/mol. The van der Waals surface area contributed by atoms with Crippen LogP contribution in [0, 0.1) is 0 Å². The van der Waals surface area contributed by atoms with Gasteiger partial charge in [0.25, 0.3) is 0 Å². The number of rotatable bonds is 10. The highest BCUT2D eigenvalue weighted by molar-refractivity contribution is 6.33. The van der Waals surface area contributed by atoms with Gasteiger partial charge < -0.3 is 15.2 Å². The molecule has 1 aliphatic heterocycles. The van der Waals surface area contributed by atoms with E-state index in [4.69, 9.17) is 26.8 Å². The largest absolute Gasteiger partial charge is 0.495 e. The maximum Gasteiger partial charge on any atom is 0.232 e. The zero-order chi connectivity index (χ0) is 25.8. The summed E-state index contributed by atoms with van der Waals surface area (Å²) < 4.78 is 11.6. The number of benzene rings is 3. The lowest BCUT2D eigenvalue weighted by molar-refractivity contribution is -0.122. The third-order valence-electron chi connectivity index (χ3n) is 7.51. The maximum atomic E-state index is 13.2. The molecule has 0 saturated carbocycles. The van der Waals surface area contributed by atoms with Crippen LogP contribution in [0.5, 0.6) is 11.5 Å². The fraction of sp³-hybridized carbons (Fsp3) is 0.367. The molecule has 1 amide bonds. The van der Waals surface area contributed by atoms with E-state index in [9.17, 15) is 4.79 Å². The van der Waals surface area contributed by atoms with Crippen LogP contribution >= 0.6 is 11.6 Å². The molecule has 0 bridgehead atoms. The number of carbonyl (C=O) groups is 1. The van der Waals surface area contributed by atoms with Gasteiger partial charge in [-0.05, 0) is 56.4 Å². The van der Waals surface area contributed by atoms with Crippen molar-refractivity contribution in [2.75, 3.05) is 20.2 Å². The summed E-state index contributed by atoms with van der Waals surface area (Å²) in [4.78, 5) is 15.6. The molecule has 0 aromatic heterocycles. The number of nitrogens with zero attached hydrogens (tertiary/aromatic N) is 1. The predicted molar refractivity (Wildman–Crippen MR) is 145 cm³/mol. The van der Waals surface area contributed by atoms with Crippen molar-refractivity contribution >= 4 is 17.5 Å². The minimum Gasteiger partial charge on any atom is -0.495 e. The third-order valence-corrected chi connectivity index (χ3v) is 7.88. The highest BCUT2D eigenvalue weighted by Crippen LogP contribution is 2.40. The zero-order valence-electron chi connectivity index (χ0n) is 21.2. The van der Waals surface area contributed by atoms with Crippen molar-refractivity contribution in [3.63, 3.8) is 0 Å². The Labute approximate surface area is 219 Å². The Morgan fingerprint density at radius 3 is 2.08 bits per heavy atom. The van der Waals surface area contributed by atoms with Crippen molar-refractivity contribution in [2.24, 2.45) is 5.73 Å². The van der Waals surface area contributed by atoms with Crippen LogP contribution in [0.15, 0.2) is 78.9 Å². The van der Waals surface area contributed by atoms with Crippen LogP contribution in [0.25, 0.3) is 0 Å². The molecule has 0 radical (unpaired) electrons. The standard InChI is InChI=1S/C30H35ClN2O3/c1-29(2,33-20-17-24(21-33)36-26-16-10-15-25(35-3)27(26)31)18-19-30(28(32)34,22-11-6-4-7-12-22)23-13-8-5-9-14-23/h4-16,24H,17-21H2,1-3H3,(H2,32,34). The molecular weight excluding hydrogens is 472 g/mol. The van der Waals surface area contributed by atoms with E-state index in [0.717, 1.165) is 37.1 Å². The van der Waals surface area contributed by atoms with Crippen molar-refractivity contribution in [2.45, 2.75) is 50.2 Å². The fourth-order valence-electron chi connectivity index (χ4n) is 5.25. The normalized spacial score (nSPS) is 16.6. The van der Waals surface area contributed by atoms with Gasteiger partial charge in [-0.15, -0.1) is 0 Å². The maximum absolute atomic E-state index is 13.2. The van der Waals surface area contributed by atoms with E-state index < -0.39 is 5.41 Å². The van der Waals surface area contributed by atoms with E-state index in [0.29, 0.717) is 22.9 Å². The lowest BCUT2D eigenvalue weighted by atomic mass is 9.69. The first kappa shape index (κ1) is 26.1. The summed E-state index contributed by atoms with van der Waals surface area (Å²) in [6.07, 6.45) is 2.31. The van der Waals surface area contributed by atoms with Gasteiger partial charge in [-0.2, -0.15) is 0 Å². The molecular formula is C30H35ClN2O3. The van der Waals surface area contributed by atoms with Crippen LogP contribution < -0.4 is 15.2 Å². The first-order chi connectivity index (χ1) is 17.3. The van der Waals surface area contributed by atoms with Gasteiger partial charge in [0, 0.05) is 18.6 Å². The quantitative estimate of drug-likeness (QED) is 0.375. The van der Waals surface area contributed by atoms with Crippen molar-refractivity contribution < 1.29 is 14.3 Å². The minimum atomic E-state index is -0.899. The molecule has 1 aliphatic rings. The first-order valence-electron chi connectivity index (χ1n) is 12.4. The highest BCUT2D eigenvalue weighted by atomic mass is 35.5. The van der Waals surface area contributed by atoms with Gasteiger partial charge in [-0.3, -0.25) is 9.69 Å². The van der Waals surface area contributed by atoms with Crippen LogP contribution in [0.3, 0.4) is 0 Å². The fourth-order valence-corrected chi connectivity index (χ4v) is 5.50. The lowest BCUT2D eigenvalue weighted by Crippen LogP contribution is -2.47. The zero-order valence-corrected chi connectivity index (χ0v) is 22.0. The lowest BCUT2D eigenvalue weighted by Gasteiger charge is -2.40. The van der Waals surface area contributed by atoms with Gasteiger partial charge in [0.1, 0.15) is 22.6 Å². The molecule has 1 unspecified atom stereocenters. The molecule has 3 aromatic carbocycles. The van der Waals surface area contributed by atoms with Crippen molar-refractivity contribution in [3.8, 4) is 11.5 Å². The summed E-state index contributed by atoms with van der Waals surface area (Å²) in [6.45, 7) is 6.14. The number of hydrogen-bond acceptors (Lipinski definition) is 4. The van der Waals surface area contributed by atoms with Gasteiger partial charge in [0.15, 0.2) is 0 Å². The molecule has 1 fully saturated rings. The number of carbonyl (C=O) groups excluding carboxylic acids is 1. The molecule has 36 heavy (non-hydrogen) atoms. The molecule has 2 N–H and O–H groups in total. The van der Waals surface area contributed by atoms with E-state index in [-0.39, 0.29) is 17.6 Å².